The fourth-order valence-electron chi connectivity index (χ4n) is 2.84. The van der Waals surface area contributed by atoms with Crippen LogP contribution in [0.5, 0.6) is 0 Å². The molecule has 26 heavy (non-hydrogen) atoms. The van der Waals surface area contributed by atoms with E-state index in [-0.39, 0.29) is 29.5 Å². The number of hydrogen-bond donors (Lipinski definition) is 2. The molecule has 0 saturated carbocycles. The lowest BCUT2D eigenvalue weighted by Gasteiger charge is -2.19. The molecule has 0 spiro atoms. The van der Waals surface area contributed by atoms with E-state index < -0.39 is 0 Å². The third kappa shape index (κ3) is 3.42. The summed E-state index contributed by atoms with van der Waals surface area (Å²) in [5.74, 6) is 0.149. The van der Waals surface area contributed by atoms with Crippen LogP contribution in [0.1, 0.15) is 41.6 Å². The van der Waals surface area contributed by atoms with Gasteiger partial charge >= 0.3 is 0 Å². The Labute approximate surface area is 149 Å². The number of hydrogen-bond acceptors (Lipinski definition) is 4. The normalized spacial score (nSPS) is 11.1. The maximum Gasteiger partial charge on any atom is 0.258 e. The van der Waals surface area contributed by atoms with Gasteiger partial charge in [-0.25, -0.2) is 4.98 Å². The Balaban J connectivity index is 1.91. The summed E-state index contributed by atoms with van der Waals surface area (Å²) >= 11 is 0. The molecule has 7 nitrogen and oxygen atoms in total. The van der Waals surface area contributed by atoms with Crippen molar-refractivity contribution >= 4 is 16.8 Å². The topological polar surface area (TPSA) is 98.9 Å². The highest BCUT2D eigenvalue weighted by Crippen LogP contribution is 2.17. The van der Waals surface area contributed by atoms with Crippen LogP contribution in [-0.4, -0.2) is 32.8 Å². The summed E-state index contributed by atoms with van der Waals surface area (Å²) in [5.41, 5.74) is 1.13. The fraction of sp³-hybridized carbons (Fsp3) is 0.263. The third-order valence-corrected chi connectivity index (χ3v) is 4.15. The predicted molar refractivity (Wildman–Crippen MR) is 99.3 cm³/mol. The summed E-state index contributed by atoms with van der Waals surface area (Å²) in [6.45, 7) is 3.96. The summed E-state index contributed by atoms with van der Waals surface area (Å²) in [6.07, 6.45) is 0. The minimum absolute atomic E-state index is 0.00477. The van der Waals surface area contributed by atoms with Gasteiger partial charge in [0.1, 0.15) is 5.82 Å². The van der Waals surface area contributed by atoms with Crippen molar-refractivity contribution in [2.75, 3.05) is 7.05 Å². The van der Waals surface area contributed by atoms with Gasteiger partial charge in [-0.05, 0) is 24.1 Å². The lowest BCUT2D eigenvalue weighted by molar-refractivity contribution is 0.0779. The third-order valence-electron chi connectivity index (χ3n) is 4.15. The van der Waals surface area contributed by atoms with Gasteiger partial charge in [0.15, 0.2) is 0 Å². The Morgan fingerprint density at radius 1 is 1.12 bits per heavy atom. The number of benzene rings is 1. The first-order valence-electron chi connectivity index (χ1n) is 8.33. The number of pyridine rings is 1. The van der Waals surface area contributed by atoms with E-state index >= 15 is 0 Å². The fourth-order valence-corrected chi connectivity index (χ4v) is 2.84. The zero-order valence-electron chi connectivity index (χ0n) is 14.9. The van der Waals surface area contributed by atoms with E-state index in [2.05, 4.69) is 15.0 Å². The molecule has 7 heteroatoms. The SMILES string of the molecule is CC(C)c1[nH]c(=O)ccc1C(=O)N(C)Cc1nc2ccccc2c(=O)[nH]1. The standard InChI is InChI=1S/C19H20N4O3/c1-11(2)17-13(8-9-16(24)22-17)19(26)23(3)10-15-20-14-7-5-4-6-12(14)18(25)21-15/h4-9,11H,10H2,1-3H3,(H,22,24)(H,20,21,25). The molecule has 134 valence electrons. The van der Waals surface area contributed by atoms with Gasteiger partial charge in [0, 0.05) is 18.8 Å². The van der Waals surface area contributed by atoms with Gasteiger partial charge in [-0.2, -0.15) is 0 Å². The molecule has 2 aromatic heterocycles. The monoisotopic (exact) mass is 352 g/mol. The highest BCUT2D eigenvalue weighted by atomic mass is 16.2. The average Bonchev–Trinajstić information content (AvgIpc) is 2.61. The molecule has 0 bridgehead atoms. The summed E-state index contributed by atoms with van der Waals surface area (Å²) in [6, 6.07) is 9.91. The van der Waals surface area contributed by atoms with Gasteiger partial charge in [0.25, 0.3) is 11.5 Å². The van der Waals surface area contributed by atoms with Crippen LogP contribution in [0.2, 0.25) is 0 Å². The van der Waals surface area contributed by atoms with Crippen LogP contribution in [0.3, 0.4) is 0 Å². The van der Waals surface area contributed by atoms with Crippen molar-refractivity contribution in [1.82, 2.24) is 19.9 Å². The second kappa shape index (κ2) is 6.95. The van der Waals surface area contributed by atoms with Gasteiger partial charge in [0.2, 0.25) is 5.56 Å². The molecule has 2 heterocycles. The van der Waals surface area contributed by atoms with Crippen LogP contribution < -0.4 is 11.1 Å². The zero-order chi connectivity index (χ0) is 18.8. The molecule has 2 N–H and O–H groups in total. The van der Waals surface area contributed by atoms with E-state index in [4.69, 9.17) is 0 Å². The Kier molecular flexibility index (Phi) is 4.71. The Hall–Kier alpha value is -3.22. The Morgan fingerprint density at radius 3 is 2.58 bits per heavy atom. The minimum Gasteiger partial charge on any atom is -0.334 e. The van der Waals surface area contributed by atoms with E-state index in [0.29, 0.717) is 28.0 Å². The number of nitrogens with one attached hydrogen (secondary N) is 2. The first-order valence-corrected chi connectivity index (χ1v) is 8.33. The summed E-state index contributed by atoms with van der Waals surface area (Å²) in [5, 5.41) is 0.507. The molecular formula is C19H20N4O3. The van der Waals surface area contributed by atoms with E-state index in [0.717, 1.165) is 0 Å². The lowest BCUT2D eigenvalue weighted by atomic mass is 10.0. The van der Waals surface area contributed by atoms with E-state index in [1.807, 2.05) is 19.9 Å². The molecule has 0 saturated heterocycles. The number of H-pyrrole nitrogens is 2. The second-order valence-corrected chi connectivity index (χ2v) is 6.50. The summed E-state index contributed by atoms with van der Waals surface area (Å²) < 4.78 is 0. The van der Waals surface area contributed by atoms with Crippen molar-refractivity contribution < 1.29 is 4.79 Å². The maximum atomic E-state index is 12.8. The number of rotatable bonds is 4. The Morgan fingerprint density at radius 2 is 1.85 bits per heavy atom. The van der Waals surface area contributed by atoms with Crippen LogP contribution in [0.25, 0.3) is 10.9 Å². The number of nitrogens with zero attached hydrogens (tertiary/aromatic N) is 2. The number of fused-ring (bicyclic) bond motifs is 1. The van der Waals surface area contributed by atoms with Crippen molar-refractivity contribution in [1.29, 1.82) is 0 Å². The van der Waals surface area contributed by atoms with Gasteiger partial charge < -0.3 is 14.9 Å². The maximum absolute atomic E-state index is 12.8. The number of para-hydroxylation sites is 1. The largest absolute Gasteiger partial charge is 0.334 e. The van der Waals surface area contributed by atoms with E-state index in [9.17, 15) is 14.4 Å². The lowest BCUT2D eigenvalue weighted by Crippen LogP contribution is -2.30. The number of amides is 1. The second-order valence-electron chi connectivity index (χ2n) is 6.50. The van der Waals surface area contributed by atoms with Crippen LogP contribution in [0.15, 0.2) is 46.0 Å². The number of aromatic amines is 2. The molecule has 0 unspecified atom stereocenters. The van der Waals surface area contributed by atoms with Crippen molar-refractivity contribution in [2.24, 2.45) is 0 Å². The number of carbonyl (C=O) groups is 1. The predicted octanol–water partition coefficient (Wildman–Crippen LogP) is 2.01. The smallest absolute Gasteiger partial charge is 0.258 e. The molecule has 1 amide bonds. The zero-order valence-corrected chi connectivity index (χ0v) is 14.9. The van der Waals surface area contributed by atoms with Crippen LogP contribution >= 0.6 is 0 Å². The molecule has 0 aliphatic heterocycles. The van der Waals surface area contributed by atoms with Gasteiger partial charge in [-0.15, -0.1) is 0 Å². The quantitative estimate of drug-likeness (QED) is 0.750. The van der Waals surface area contributed by atoms with Crippen molar-refractivity contribution in [3.63, 3.8) is 0 Å². The molecule has 1 aromatic carbocycles. The summed E-state index contributed by atoms with van der Waals surface area (Å²) in [4.78, 5) is 47.9. The van der Waals surface area contributed by atoms with Crippen LogP contribution in [0, 0.1) is 0 Å². The number of carbonyl (C=O) groups excluding carboxylic acids is 1. The average molecular weight is 352 g/mol. The molecule has 0 aliphatic carbocycles. The van der Waals surface area contributed by atoms with E-state index in [1.165, 1.54) is 17.0 Å². The van der Waals surface area contributed by atoms with E-state index in [1.54, 1.807) is 25.2 Å². The molecule has 0 atom stereocenters. The van der Waals surface area contributed by atoms with Gasteiger partial charge in [-0.3, -0.25) is 14.4 Å². The minimum atomic E-state index is -0.249. The molecule has 3 aromatic rings. The highest BCUT2D eigenvalue weighted by molar-refractivity contribution is 5.95. The molecule has 0 radical (unpaired) electrons. The number of aromatic nitrogens is 3. The van der Waals surface area contributed by atoms with Crippen LogP contribution in [-0.2, 0) is 6.54 Å². The van der Waals surface area contributed by atoms with Crippen LogP contribution in [0.4, 0.5) is 0 Å². The molecular weight excluding hydrogens is 332 g/mol. The first-order chi connectivity index (χ1) is 12.4. The molecule has 3 rings (SSSR count). The van der Waals surface area contributed by atoms with Crippen molar-refractivity contribution in [2.45, 2.75) is 26.3 Å². The highest BCUT2D eigenvalue weighted by Gasteiger charge is 2.19. The van der Waals surface area contributed by atoms with Gasteiger partial charge in [0.05, 0.1) is 23.0 Å². The van der Waals surface area contributed by atoms with Crippen molar-refractivity contribution in [3.05, 3.63) is 74.2 Å². The molecule has 0 aliphatic rings. The first kappa shape index (κ1) is 17.6. The van der Waals surface area contributed by atoms with Crippen molar-refractivity contribution in [3.8, 4) is 0 Å². The molecule has 0 fully saturated rings. The summed E-state index contributed by atoms with van der Waals surface area (Å²) in [7, 11) is 1.63. The van der Waals surface area contributed by atoms with Gasteiger partial charge in [-0.1, -0.05) is 26.0 Å². The Bertz CT molecular complexity index is 1080.